The minimum atomic E-state index is -0.0688. The molecule has 0 radical (unpaired) electrons. The van der Waals surface area contributed by atoms with Gasteiger partial charge in [0.05, 0.1) is 24.6 Å². The van der Waals surface area contributed by atoms with Crippen LogP contribution in [0.1, 0.15) is 49.8 Å². The Morgan fingerprint density at radius 1 is 1.19 bits per heavy atom. The number of carbonyl (C=O) groups is 1. The van der Waals surface area contributed by atoms with Crippen LogP contribution in [0.5, 0.6) is 0 Å². The van der Waals surface area contributed by atoms with Crippen LogP contribution < -0.4 is 17.7 Å². The van der Waals surface area contributed by atoms with Crippen molar-refractivity contribution >= 4 is 5.78 Å². The Labute approximate surface area is 130 Å². The van der Waals surface area contributed by atoms with Gasteiger partial charge in [0.2, 0.25) is 0 Å². The molecule has 1 saturated heterocycles. The number of hydrogen-bond acceptors (Lipinski definition) is 4. The average molecular weight is 309 g/mol. The van der Waals surface area contributed by atoms with Crippen LogP contribution >= 0.6 is 0 Å². The zero-order chi connectivity index (χ0) is 13.9. The van der Waals surface area contributed by atoms with Crippen molar-refractivity contribution in [3.8, 4) is 0 Å². The van der Waals surface area contributed by atoms with Crippen LogP contribution in [0.2, 0.25) is 0 Å². The molecule has 5 heteroatoms. The van der Waals surface area contributed by atoms with E-state index in [1.54, 1.807) is 12.5 Å². The van der Waals surface area contributed by atoms with Crippen molar-refractivity contribution in [3.05, 3.63) is 48.3 Å². The summed E-state index contributed by atoms with van der Waals surface area (Å²) in [6.45, 7) is 2.10. The van der Waals surface area contributed by atoms with Crippen molar-refractivity contribution < 1.29 is 26.0 Å². The average Bonchev–Trinajstić information content (AvgIpc) is 3.14. The first-order chi connectivity index (χ1) is 9.79. The molecular formula is C16H19ClNO3-. The first-order valence-corrected chi connectivity index (χ1v) is 7.15. The zero-order valence-corrected chi connectivity index (χ0v) is 12.7. The number of hydrogen-bond donors (Lipinski definition) is 1. The Morgan fingerprint density at radius 3 is 2.43 bits per heavy atom. The topological polar surface area (TPSA) is 55.4 Å². The molecule has 3 heterocycles. The molecule has 0 saturated carbocycles. The molecule has 1 N–H and O–H groups in total. The van der Waals surface area contributed by atoms with E-state index in [2.05, 4.69) is 12.2 Å². The van der Waals surface area contributed by atoms with Crippen LogP contribution in [-0.4, -0.2) is 5.78 Å². The molecule has 0 bridgehead atoms. The van der Waals surface area contributed by atoms with Gasteiger partial charge >= 0.3 is 0 Å². The summed E-state index contributed by atoms with van der Waals surface area (Å²) >= 11 is 0. The number of ketones is 1. The van der Waals surface area contributed by atoms with Gasteiger partial charge in [-0.2, -0.15) is 0 Å². The van der Waals surface area contributed by atoms with Crippen molar-refractivity contribution in [1.29, 1.82) is 0 Å². The third-order valence-electron chi connectivity index (χ3n) is 3.94. The van der Waals surface area contributed by atoms with Gasteiger partial charge in [0.25, 0.3) is 0 Å². The van der Waals surface area contributed by atoms with Gasteiger partial charge in [-0.25, -0.2) is 0 Å². The van der Waals surface area contributed by atoms with Crippen LogP contribution in [0.25, 0.3) is 0 Å². The fourth-order valence-electron chi connectivity index (χ4n) is 2.99. The molecule has 1 aliphatic rings. The van der Waals surface area contributed by atoms with E-state index in [1.165, 1.54) is 0 Å². The van der Waals surface area contributed by atoms with Crippen LogP contribution in [0, 0.1) is 5.92 Å². The Bertz CT molecular complexity index is 550. The van der Waals surface area contributed by atoms with Crippen molar-refractivity contribution in [2.45, 2.75) is 38.3 Å². The highest BCUT2D eigenvalue weighted by molar-refractivity contribution is 5.83. The molecule has 1 aliphatic heterocycles. The molecule has 1 fully saturated rings. The summed E-state index contributed by atoms with van der Waals surface area (Å²) in [7, 11) is 0. The van der Waals surface area contributed by atoms with Gasteiger partial charge in [-0.15, -0.1) is 0 Å². The third kappa shape index (κ3) is 3.22. The Kier molecular flexibility index (Phi) is 5.26. The smallest absolute Gasteiger partial charge is 0.140 e. The molecule has 3 atom stereocenters. The van der Waals surface area contributed by atoms with Crippen molar-refractivity contribution in [1.82, 2.24) is 5.32 Å². The summed E-state index contributed by atoms with van der Waals surface area (Å²) in [6.07, 6.45) is 5.64. The molecule has 2 aromatic heterocycles. The Hall–Kier alpha value is -1.52. The van der Waals surface area contributed by atoms with Gasteiger partial charge < -0.3 is 21.2 Å². The summed E-state index contributed by atoms with van der Waals surface area (Å²) in [6, 6.07) is 7.41. The lowest BCUT2D eigenvalue weighted by Gasteiger charge is -2.34. The first kappa shape index (κ1) is 15.9. The predicted octanol–water partition coefficient (Wildman–Crippen LogP) is 0.638. The highest BCUT2D eigenvalue weighted by atomic mass is 35.5. The quantitative estimate of drug-likeness (QED) is 0.900. The standard InChI is InChI=1S/C16H19NO3.ClH/c1-2-5-11-13(18)10-12(14-6-3-8-19-14)17-16(11)15-7-4-9-20-15;/h3-4,6-9,11-12,16-17H,2,5,10H2,1H3;1H/p-1. The minimum Gasteiger partial charge on any atom is -1.00 e. The molecule has 0 aromatic carbocycles. The van der Waals surface area contributed by atoms with Crippen LogP contribution in [0.4, 0.5) is 0 Å². The van der Waals surface area contributed by atoms with Crippen molar-refractivity contribution in [2.75, 3.05) is 0 Å². The van der Waals surface area contributed by atoms with E-state index >= 15 is 0 Å². The fraction of sp³-hybridized carbons (Fsp3) is 0.438. The molecule has 4 nitrogen and oxygen atoms in total. The second-order valence-electron chi connectivity index (χ2n) is 5.29. The second-order valence-corrected chi connectivity index (χ2v) is 5.29. The predicted molar refractivity (Wildman–Crippen MR) is 74.1 cm³/mol. The van der Waals surface area contributed by atoms with Gasteiger partial charge in [-0.1, -0.05) is 13.3 Å². The molecule has 21 heavy (non-hydrogen) atoms. The Morgan fingerprint density at radius 2 is 1.86 bits per heavy atom. The van der Waals surface area contributed by atoms with Gasteiger partial charge in [0.1, 0.15) is 17.3 Å². The maximum absolute atomic E-state index is 12.5. The van der Waals surface area contributed by atoms with E-state index in [0.717, 1.165) is 24.4 Å². The van der Waals surface area contributed by atoms with E-state index in [4.69, 9.17) is 8.83 Å². The van der Waals surface area contributed by atoms with Crippen LogP contribution in [0.15, 0.2) is 45.6 Å². The third-order valence-corrected chi connectivity index (χ3v) is 3.94. The van der Waals surface area contributed by atoms with Crippen LogP contribution in [-0.2, 0) is 4.79 Å². The van der Waals surface area contributed by atoms with Crippen LogP contribution in [0.3, 0.4) is 0 Å². The monoisotopic (exact) mass is 308 g/mol. The van der Waals surface area contributed by atoms with Gasteiger partial charge in [-0.05, 0) is 30.7 Å². The van der Waals surface area contributed by atoms with Crippen molar-refractivity contribution in [3.63, 3.8) is 0 Å². The number of rotatable bonds is 4. The summed E-state index contributed by atoms with van der Waals surface area (Å²) in [5.74, 6) is 1.91. The molecule has 2 aromatic rings. The largest absolute Gasteiger partial charge is 1.00 e. The zero-order valence-electron chi connectivity index (χ0n) is 11.9. The molecule has 3 rings (SSSR count). The fourth-order valence-corrected chi connectivity index (χ4v) is 2.99. The summed E-state index contributed by atoms with van der Waals surface area (Å²) in [4.78, 5) is 12.5. The lowest BCUT2D eigenvalue weighted by atomic mass is 9.81. The number of carbonyl (C=O) groups excluding carboxylic acids is 1. The van der Waals surface area contributed by atoms with Gasteiger partial charge in [0.15, 0.2) is 0 Å². The molecule has 3 unspecified atom stereocenters. The molecule has 0 spiro atoms. The van der Waals surface area contributed by atoms with E-state index < -0.39 is 0 Å². The van der Waals surface area contributed by atoms with Gasteiger partial charge in [0, 0.05) is 12.3 Å². The number of piperidine rings is 1. The van der Waals surface area contributed by atoms with E-state index in [9.17, 15) is 4.79 Å². The van der Waals surface area contributed by atoms with E-state index in [0.29, 0.717) is 6.42 Å². The second kappa shape index (κ2) is 6.96. The van der Waals surface area contributed by atoms with E-state index in [-0.39, 0.29) is 36.2 Å². The molecule has 0 aliphatic carbocycles. The van der Waals surface area contributed by atoms with E-state index in [1.807, 2.05) is 24.3 Å². The molecule has 0 amide bonds. The summed E-state index contributed by atoms with van der Waals surface area (Å²) < 4.78 is 11.0. The normalized spacial score (nSPS) is 25.6. The maximum atomic E-state index is 12.5. The Balaban J connectivity index is 0.00000161. The number of halogens is 1. The number of nitrogens with one attached hydrogen (secondary N) is 1. The SMILES string of the molecule is CCCC1C(=O)CC(c2ccco2)NC1c1ccco1.[Cl-]. The lowest BCUT2D eigenvalue weighted by Crippen LogP contribution is -3.00. The highest BCUT2D eigenvalue weighted by Gasteiger charge is 2.39. The highest BCUT2D eigenvalue weighted by Crippen LogP contribution is 2.37. The number of furan rings is 2. The first-order valence-electron chi connectivity index (χ1n) is 7.15. The van der Waals surface area contributed by atoms with Crippen molar-refractivity contribution in [2.24, 2.45) is 5.92 Å². The van der Waals surface area contributed by atoms with Gasteiger partial charge in [-0.3, -0.25) is 10.1 Å². The summed E-state index contributed by atoms with van der Waals surface area (Å²) in [5.41, 5.74) is 0. The summed E-state index contributed by atoms with van der Waals surface area (Å²) in [5, 5.41) is 3.52. The maximum Gasteiger partial charge on any atom is 0.140 e. The minimum absolute atomic E-state index is 0. The lowest BCUT2D eigenvalue weighted by molar-refractivity contribution is -0.127. The molecular weight excluding hydrogens is 290 g/mol. The number of Topliss-reactive ketones (excluding diaryl/α,β-unsaturated/α-hetero) is 1. The molecule has 114 valence electrons.